The van der Waals surface area contributed by atoms with E-state index in [1.54, 1.807) is 60.9 Å². The quantitative estimate of drug-likeness (QED) is 0.169. The van der Waals surface area contributed by atoms with Crippen molar-refractivity contribution in [2.75, 3.05) is 38.7 Å². The second-order valence-corrected chi connectivity index (χ2v) is 13.7. The number of pyridine rings is 1. The van der Waals surface area contributed by atoms with Crippen LogP contribution >= 0.6 is 11.6 Å². The Balaban J connectivity index is 1.10. The van der Waals surface area contributed by atoms with Gasteiger partial charge in [0.1, 0.15) is 24.3 Å². The highest BCUT2D eigenvalue weighted by Crippen LogP contribution is 2.36. The van der Waals surface area contributed by atoms with Crippen LogP contribution in [0.1, 0.15) is 24.1 Å². The van der Waals surface area contributed by atoms with Gasteiger partial charge in [0.15, 0.2) is 0 Å². The van der Waals surface area contributed by atoms with Crippen LogP contribution in [0.15, 0.2) is 112 Å². The third-order valence-electron chi connectivity index (χ3n) is 7.99. The number of hydrogen-bond acceptors (Lipinski definition) is 11. The molecule has 12 nitrogen and oxygen atoms in total. The number of hydrogen-bond donors (Lipinski definition) is 4. The number of esters is 1. The Hall–Kier alpha value is -5.02. The van der Waals surface area contributed by atoms with Crippen LogP contribution < -0.4 is 25.9 Å². The number of hydrazine groups is 2. The van der Waals surface area contributed by atoms with Crippen molar-refractivity contribution in [1.29, 1.82) is 0 Å². The Labute approximate surface area is 288 Å². The maximum Gasteiger partial charge on any atom is 0.338 e. The number of anilines is 1. The summed E-state index contributed by atoms with van der Waals surface area (Å²) in [5, 5.41) is 6.38. The van der Waals surface area contributed by atoms with E-state index in [1.165, 1.54) is 18.2 Å². The number of carbonyl (C=O) groups excluding carboxylic acids is 1. The van der Waals surface area contributed by atoms with Gasteiger partial charge in [-0.25, -0.2) is 22.3 Å². The van der Waals surface area contributed by atoms with Crippen molar-refractivity contribution in [3.63, 3.8) is 0 Å². The van der Waals surface area contributed by atoms with Crippen LogP contribution in [0.4, 0.5) is 10.1 Å². The van der Waals surface area contributed by atoms with Crippen molar-refractivity contribution in [3.8, 4) is 0 Å². The number of rotatable bonds is 11. The molecule has 0 radical (unpaired) electrons. The Kier molecular flexibility index (Phi) is 9.83. The third kappa shape index (κ3) is 7.37. The van der Waals surface area contributed by atoms with Crippen LogP contribution in [0.3, 0.4) is 0 Å². The van der Waals surface area contributed by atoms with Crippen LogP contribution in [-0.2, 0) is 19.6 Å². The van der Waals surface area contributed by atoms with E-state index in [0.29, 0.717) is 28.2 Å². The smallest absolute Gasteiger partial charge is 0.338 e. The fraction of sp³-hybridized carbons (Fsp3) is 0.206. The Bertz CT molecular complexity index is 2110. The standard InChI is InChI=1S/C34H34ClFN8O4S/c1-21-31(32(27-11-10-23(36)18-28(27)35)40-33(39-21)22-12-14-37-15-13-22)34(45)48-17-16-44-20-24(41-42-44)19-38-49(46,47)30-9-5-6-25-26(30)7-4-8-29(25)43(2)3/h4-15,18,20,32,38,41-42H,16-17,19H2,1-3H3,(H,39,40). The van der Waals surface area contributed by atoms with E-state index >= 15 is 0 Å². The molecule has 0 spiro atoms. The predicted octanol–water partition coefficient (Wildman–Crippen LogP) is 4.15. The molecule has 15 heteroatoms. The molecule has 0 saturated carbocycles. The molecule has 1 unspecified atom stereocenters. The molecule has 4 N–H and O–H groups in total. The van der Waals surface area contributed by atoms with Crippen LogP contribution in [0.2, 0.25) is 5.02 Å². The SMILES string of the molecule is CC1=C(C(=O)OCCN2C=C(CNS(=O)(=O)c3cccc4c(N(C)C)cccc34)NN2)C(c2ccc(F)cc2Cl)N=C(c2ccncc2)N1. The lowest BCUT2D eigenvalue weighted by Gasteiger charge is -2.27. The zero-order valence-corrected chi connectivity index (χ0v) is 28.4. The first kappa shape index (κ1) is 33.9. The van der Waals surface area contributed by atoms with Gasteiger partial charge in [0.25, 0.3) is 0 Å². The summed E-state index contributed by atoms with van der Waals surface area (Å²) in [7, 11) is -0.0365. The van der Waals surface area contributed by atoms with Gasteiger partial charge in [0, 0.05) is 71.0 Å². The molecular formula is C34H34ClFN8O4S. The van der Waals surface area contributed by atoms with E-state index in [-0.39, 0.29) is 35.2 Å². The van der Waals surface area contributed by atoms with Gasteiger partial charge in [0.05, 0.1) is 29.3 Å². The minimum Gasteiger partial charge on any atom is -0.460 e. The van der Waals surface area contributed by atoms with Crippen molar-refractivity contribution in [2.45, 2.75) is 17.9 Å². The highest BCUT2D eigenvalue weighted by atomic mass is 35.5. The molecule has 6 rings (SSSR count). The molecule has 0 bridgehead atoms. The second-order valence-electron chi connectivity index (χ2n) is 11.5. The van der Waals surface area contributed by atoms with Gasteiger partial charge in [-0.05, 0) is 43.3 Å². The van der Waals surface area contributed by atoms with Gasteiger partial charge in [-0.1, -0.05) is 41.9 Å². The number of ether oxygens (including phenoxy) is 1. The fourth-order valence-corrected chi connectivity index (χ4v) is 7.10. The zero-order chi connectivity index (χ0) is 34.7. The van der Waals surface area contributed by atoms with E-state index in [2.05, 4.69) is 26.0 Å². The molecule has 1 aromatic heterocycles. The van der Waals surface area contributed by atoms with Crippen LogP contribution in [0.25, 0.3) is 10.8 Å². The summed E-state index contributed by atoms with van der Waals surface area (Å²) in [4.78, 5) is 24.4. The molecule has 0 saturated heterocycles. The van der Waals surface area contributed by atoms with Crippen molar-refractivity contribution >= 4 is 49.9 Å². The summed E-state index contributed by atoms with van der Waals surface area (Å²) in [6.07, 6.45) is 4.94. The van der Waals surface area contributed by atoms with Gasteiger partial charge in [-0.3, -0.25) is 15.0 Å². The topological polar surface area (TPSA) is 140 Å². The molecular weight excluding hydrogens is 671 g/mol. The summed E-state index contributed by atoms with van der Waals surface area (Å²) < 4.78 is 48.9. The molecule has 254 valence electrons. The first-order valence-electron chi connectivity index (χ1n) is 15.3. The summed E-state index contributed by atoms with van der Waals surface area (Å²) in [5.41, 5.74) is 9.27. The number of halogens is 2. The maximum atomic E-state index is 13.9. The number of aromatic nitrogens is 1. The summed E-state index contributed by atoms with van der Waals surface area (Å²) >= 11 is 6.42. The van der Waals surface area contributed by atoms with Crippen molar-refractivity contribution in [3.05, 3.63) is 124 Å². The summed E-state index contributed by atoms with van der Waals surface area (Å²) in [6.45, 7) is 1.94. The van der Waals surface area contributed by atoms with Crippen LogP contribution in [0.5, 0.6) is 0 Å². The highest BCUT2D eigenvalue weighted by Gasteiger charge is 2.32. The number of sulfonamides is 1. The lowest BCUT2D eigenvalue weighted by Crippen LogP contribution is -2.40. The lowest BCUT2D eigenvalue weighted by atomic mass is 9.95. The molecule has 49 heavy (non-hydrogen) atoms. The zero-order valence-electron chi connectivity index (χ0n) is 26.9. The number of amidine groups is 1. The van der Waals surface area contributed by atoms with E-state index in [0.717, 1.165) is 16.6 Å². The first-order valence-corrected chi connectivity index (χ1v) is 17.1. The second kappa shape index (κ2) is 14.2. The summed E-state index contributed by atoms with van der Waals surface area (Å²) in [6, 6.07) is 17.4. The number of carbonyl (C=O) groups is 1. The van der Waals surface area contributed by atoms with Gasteiger partial charge in [0.2, 0.25) is 10.0 Å². The average molecular weight is 705 g/mol. The molecule has 1 atom stereocenters. The Morgan fingerprint density at radius 3 is 2.59 bits per heavy atom. The molecule has 2 aliphatic heterocycles. The summed E-state index contributed by atoms with van der Waals surface area (Å²) in [5.74, 6) is -0.629. The molecule has 0 fully saturated rings. The third-order valence-corrected chi connectivity index (χ3v) is 9.78. The van der Waals surface area contributed by atoms with E-state index < -0.39 is 27.9 Å². The van der Waals surface area contributed by atoms with Crippen molar-refractivity contribution in [1.82, 2.24) is 31.0 Å². The van der Waals surface area contributed by atoms with Gasteiger partial charge < -0.3 is 20.4 Å². The number of nitrogens with one attached hydrogen (secondary N) is 4. The van der Waals surface area contributed by atoms with Gasteiger partial charge in [-0.2, -0.15) is 0 Å². The number of aliphatic imine (C=N–C) groups is 1. The monoisotopic (exact) mass is 704 g/mol. The van der Waals surface area contributed by atoms with Crippen molar-refractivity contribution in [2.24, 2.45) is 4.99 Å². The Morgan fingerprint density at radius 1 is 1.08 bits per heavy atom. The minimum absolute atomic E-state index is 0.00888. The molecule has 2 aliphatic rings. The molecule has 3 heterocycles. The van der Waals surface area contributed by atoms with Gasteiger partial charge in [-0.15, -0.1) is 5.53 Å². The molecule has 3 aromatic carbocycles. The maximum absolute atomic E-state index is 13.9. The predicted molar refractivity (Wildman–Crippen MR) is 186 cm³/mol. The fourth-order valence-electron chi connectivity index (χ4n) is 5.61. The lowest BCUT2D eigenvalue weighted by molar-refractivity contribution is -0.139. The molecule has 0 aliphatic carbocycles. The average Bonchev–Trinajstić information content (AvgIpc) is 3.54. The molecule has 0 amide bonds. The number of allylic oxidation sites excluding steroid dienone is 1. The normalized spacial score (nSPS) is 16.2. The van der Waals surface area contributed by atoms with E-state index in [1.807, 2.05) is 37.2 Å². The van der Waals surface area contributed by atoms with Crippen LogP contribution in [0, 0.1) is 5.82 Å². The van der Waals surface area contributed by atoms with E-state index in [9.17, 15) is 17.6 Å². The van der Waals surface area contributed by atoms with Crippen LogP contribution in [-0.4, -0.2) is 64.0 Å². The van der Waals surface area contributed by atoms with Crippen molar-refractivity contribution < 1.29 is 22.3 Å². The first-order chi connectivity index (χ1) is 23.5. The minimum atomic E-state index is -3.86. The van der Waals surface area contributed by atoms with Gasteiger partial charge >= 0.3 is 5.97 Å². The number of benzene rings is 3. The highest BCUT2D eigenvalue weighted by molar-refractivity contribution is 7.89. The van der Waals surface area contributed by atoms with E-state index in [4.69, 9.17) is 21.3 Å². The molecule has 4 aromatic rings. The number of fused-ring (bicyclic) bond motifs is 1. The Morgan fingerprint density at radius 2 is 1.84 bits per heavy atom. The number of nitrogens with zero attached hydrogens (tertiary/aromatic N) is 4. The largest absolute Gasteiger partial charge is 0.460 e.